The minimum Gasteiger partial charge on any atom is -0.389 e. The lowest BCUT2D eigenvalue weighted by molar-refractivity contribution is 0.0366. The number of aliphatic hydroxyl groups excluding tert-OH is 1. The highest BCUT2D eigenvalue weighted by atomic mass is 16.5. The molecule has 0 aromatic carbocycles. The number of hydrogen-bond acceptors (Lipinski definition) is 5. The third-order valence-electron chi connectivity index (χ3n) is 3.08. The van der Waals surface area contributed by atoms with Crippen molar-refractivity contribution in [3.8, 4) is 0 Å². The highest BCUT2D eigenvalue weighted by molar-refractivity contribution is 5.74. The average Bonchev–Trinajstić information content (AvgIpc) is 2.68. The minimum atomic E-state index is -0.708. The SMILES string of the molecule is NC1COC(CNC(=O)N2CCOCC2)C1O. The molecule has 2 rings (SSSR count). The van der Waals surface area contributed by atoms with Crippen LogP contribution in [0.3, 0.4) is 0 Å². The van der Waals surface area contributed by atoms with E-state index in [0.29, 0.717) is 32.9 Å². The first kappa shape index (κ1) is 12.6. The molecule has 2 heterocycles. The number of urea groups is 1. The molecule has 7 nitrogen and oxygen atoms in total. The predicted molar refractivity (Wildman–Crippen MR) is 59.5 cm³/mol. The fraction of sp³-hybridized carbons (Fsp3) is 0.900. The smallest absolute Gasteiger partial charge is 0.317 e. The summed E-state index contributed by atoms with van der Waals surface area (Å²) >= 11 is 0. The van der Waals surface area contributed by atoms with Crippen molar-refractivity contribution in [3.63, 3.8) is 0 Å². The van der Waals surface area contributed by atoms with Gasteiger partial charge in [-0.15, -0.1) is 0 Å². The summed E-state index contributed by atoms with van der Waals surface area (Å²) in [6, 6.07) is -0.509. The topological polar surface area (TPSA) is 97.0 Å². The maximum Gasteiger partial charge on any atom is 0.317 e. The molecule has 2 aliphatic heterocycles. The van der Waals surface area contributed by atoms with Gasteiger partial charge in [-0.05, 0) is 0 Å². The van der Waals surface area contributed by atoms with E-state index in [4.69, 9.17) is 15.2 Å². The molecule has 0 aliphatic carbocycles. The van der Waals surface area contributed by atoms with E-state index in [0.717, 1.165) is 0 Å². The molecule has 98 valence electrons. The average molecular weight is 245 g/mol. The molecule has 4 N–H and O–H groups in total. The first-order chi connectivity index (χ1) is 8.18. The number of carbonyl (C=O) groups is 1. The van der Waals surface area contributed by atoms with Gasteiger partial charge in [-0.2, -0.15) is 0 Å². The Labute approximate surface area is 99.8 Å². The van der Waals surface area contributed by atoms with Crippen LogP contribution in [-0.4, -0.2) is 73.7 Å². The molecule has 0 saturated carbocycles. The molecule has 3 atom stereocenters. The fourth-order valence-electron chi connectivity index (χ4n) is 1.95. The van der Waals surface area contributed by atoms with Crippen LogP contribution in [0, 0.1) is 0 Å². The molecule has 7 heteroatoms. The van der Waals surface area contributed by atoms with Crippen LogP contribution in [0.5, 0.6) is 0 Å². The predicted octanol–water partition coefficient (Wildman–Crippen LogP) is -1.88. The quantitative estimate of drug-likeness (QED) is 0.529. The van der Waals surface area contributed by atoms with Crippen LogP contribution in [0.4, 0.5) is 4.79 Å². The highest BCUT2D eigenvalue weighted by Gasteiger charge is 2.33. The van der Waals surface area contributed by atoms with Gasteiger partial charge in [0.25, 0.3) is 0 Å². The fourth-order valence-corrected chi connectivity index (χ4v) is 1.95. The van der Waals surface area contributed by atoms with Crippen LogP contribution in [-0.2, 0) is 9.47 Å². The standard InChI is InChI=1S/C10H19N3O4/c11-7-6-17-8(9(7)14)5-12-10(15)13-1-3-16-4-2-13/h7-9,14H,1-6,11H2,(H,12,15). The van der Waals surface area contributed by atoms with Crippen molar-refractivity contribution in [2.24, 2.45) is 5.73 Å². The maximum atomic E-state index is 11.7. The van der Waals surface area contributed by atoms with Gasteiger partial charge >= 0.3 is 6.03 Å². The van der Waals surface area contributed by atoms with Gasteiger partial charge in [-0.25, -0.2) is 4.79 Å². The van der Waals surface area contributed by atoms with Gasteiger partial charge in [-0.3, -0.25) is 0 Å². The number of aliphatic hydroxyl groups is 1. The molecule has 0 radical (unpaired) electrons. The summed E-state index contributed by atoms with van der Waals surface area (Å²) in [7, 11) is 0. The summed E-state index contributed by atoms with van der Waals surface area (Å²) in [5, 5.41) is 12.4. The first-order valence-corrected chi connectivity index (χ1v) is 5.84. The van der Waals surface area contributed by atoms with Crippen molar-refractivity contribution < 1.29 is 19.4 Å². The van der Waals surface area contributed by atoms with E-state index in [9.17, 15) is 9.90 Å². The number of rotatable bonds is 2. The van der Waals surface area contributed by atoms with Gasteiger partial charge in [0, 0.05) is 19.6 Å². The Morgan fingerprint density at radius 3 is 2.76 bits per heavy atom. The van der Waals surface area contributed by atoms with Crippen LogP contribution in [0.25, 0.3) is 0 Å². The van der Waals surface area contributed by atoms with Crippen LogP contribution < -0.4 is 11.1 Å². The van der Waals surface area contributed by atoms with E-state index in [1.54, 1.807) is 4.90 Å². The number of nitrogens with two attached hydrogens (primary N) is 1. The van der Waals surface area contributed by atoms with Crippen LogP contribution in [0.15, 0.2) is 0 Å². The van der Waals surface area contributed by atoms with E-state index < -0.39 is 12.2 Å². The molecule has 0 bridgehead atoms. The lowest BCUT2D eigenvalue weighted by atomic mass is 10.1. The van der Waals surface area contributed by atoms with E-state index in [2.05, 4.69) is 5.32 Å². The van der Waals surface area contributed by atoms with Crippen molar-refractivity contribution in [2.45, 2.75) is 18.2 Å². The van der Waals surface area contributed by atoms with Gasteiger partial charge in [0.05, 0.1) is 32.0 Å². The Kier molecular flexibility index (Phi) is 4.16. The molecule has 2 fully saturated rings. The maximum absolute atomic E-state index is 11.7. The Bertz CT molecular complexity index is 270. The van der Waals surface area contributed by atoms with Crippen molar-refractivity contribution in [1.82, 2.24) is 10.2 Å². The highest BCUT2D eigenvalue weighted by Crippen LogP contribution is 2.11. The van der Waals surface area contributed by atoms with Crippen LogP contribution >= 0.6 is 0 Å². The third-order valence-corrected chi connectivity index (χ3v) is 3.08. The summed E-state index contributed by atoms with van der Waals surface area (Å²) in [4.78, 5) is 13.4. The monoisotopic (exact) mass is 245 g/mol. The number of ether oxygens (including phenoxy) is 2. The van der Waals surface area contributed by atoms with Gasteiger partial charge in [0.2, 0.25) is 0 Å². The zero-order valence-corrected chi connectivity index (χ0v) is 9.67. The molecule has 0 aromatic rings. The second kappa shape index (κ2) is 5.63. The van der Waals surface area contributed by atoms with Crippen molar-refractivity contribution in [2.75, 3.05) is 39.5 Å². The number of hydrogen-bond donors (Lipinski definition) is 3. The molecule has 2 aliphatic rings. The van der Waals surface area contributed by atoms with Crippen LogP contribution in [0.2, 0.25) is 0 Å². The number of morpholine rings is 1. The second-order valence-electron chi connectivity index (χ2n) is 4.31. The lowest BCUT2D eigenvalue weighted by Crippen LogP contribution is -2.49. The molecule has 2 saturated heterocycles. The molecule has 0 aromatic heterocycles. The largest absolute Gasteiger partial charge is 0.389 e. The zero-order chi connectivity index (χ0) is 12.3. The van der Waals surface area contributed by atoms with Gasteiger partial charge in [0.1, 0.15) is 6.10 Å². The Hall–Kier alpha value is -0.890. The van der Waals surface area contributed by atoms with E-state index >= 15 is 0 Å². The zero-order valence-electron chi connectivity index (χ0n) is 9.67. The van der Waals surface area contributed by atoms with Crippen molar-refractivity contribution >= 4 is 6.03 Å². The Balaban J connectivity index is 1.72. The van der Waals surface area contributed by atoms with Crippen molar-refractivity contribution in [3.05, 3.63) is 0 Å². The Morgan fingerprint density at radius 1 is 1.47 bits per heavy atom. The van der Waals surface area contributed by atoms with Gasteiger partial charge in [0.15, 0.2) is 0 Å². The summed E-state index contributed by atoms with van der Waals surface area (Å²) in [5.41, 5.74) is 5.60. The lowest BCUT2D eigenvalue weighted by Gasteiger charge is -2.27. The second-order valence-corrected chi connectivity index (χ2v) is 4.31. The van der Waals surface area contributed by atoms with Gasteiger partial charge < -0.3 is 30.5 Å². The molecular weight excluding hydrogens is 226 g/mol. The van der Waals surface area contributed by atoms with E-state index in [1.807, 2.05) is 0 Å². The number of carbonyl (C=O) groups excluding carboxylic acids is 1. The van der Waals surface area contributed by atoms with E-state index in [1.165, 1.54) is 0 Å². The molecular formula is C10H19N3O4. The number of nitrogens with one attached hydrogen (secondary N) is 1. The summed E-state index contributed by atoms with van der Waals surface area (Å²) < 4.78 is 10.4. The summed E-state index contributed by atoms with van der Waals surface area (Å²) in [6.45, 7) is 2.95. The van der Waals surface area contributed by atoms with Gasteiger partial charge in [-0.1, -0.05) is 0 Å². The number of amides is 2. The molecule has 0 spiro atoms. The van der Waals surface area contributed by atoms with Crippen LogP contribution in [0.1, 0.15) is 0 Å². The first-order valence-electron chi connectivity index (χ1n) is 5.84. The molecule has 17 heavy (non-hydrogen) atoms. The Morgan fingerprint density at radius 2 is 2.18 bits per heavy atom. The summed E-state index contributed by atoms with van der Waals surface area (Å²) in [5.74, 6) is 0. The minimum absolute atomic E-state index is 0.149. The molecule has 3 unspecified atom stereocenters. The summed E-state index contributed by atoms with van der Waals surface area (Å²) in [6.07, 6.45) is -1.12. The van der Waals surface area contributed by atoms with E-state index in [-0.39, 0.29) is 18.6 Å². The molecule has 2 amide bonds. The third kappa shape index (κ3) is 3.06. The number of nitrogens with zero attached hydrogens (tertiary/aromatic N) is 1. The van der Waals surface area contributed by atoms with Crippen molar-refractivity contribution in [1.29, 1.82) is 0 Å². The normalized spacial score (nSPS) is 33.8.